The number of rotatable bonds is 5. The SMILES string of the molecule is CC(C)OC(=O)C(C)CNC(=O)C1CNC1.Cl. The predicted molar refractivity (Wildman–Crippen MR) is 67.0 cm³/mol. The fraction of sp³-hybridized carbons (Fsp3) is 0.818. The van der Waals surface area contributed by atoms with E-state index in [0.717, 1.165) is 13.1 Å². The Morgan fingerprint density at radius 3 is 2.35 bits per heavy atom. The summed E-state index contributed by atoms with van der Waals surface area (Å²) in [6.07, 6.45) is -0.110. The highest BCUT2D eigenvalue weighted by molar-refractivity contribution is 5.85. The molecule has 0 bridgehead atoms. The fourth-order valence-corrected chi connectivity index (χ4v) is 1.30. The molecule has 6 heteroatoms. The van der Waals surface area contributed by atoms with Crippen molar-refractivity contribution in [3.63, 3.8) is 0 Å². The first-order valence-corrected chi connectivity index (χ1v) is 5.69. The van der Waals surface area contributed by atoms with Gasteiger partial charge in [-0.05, 0) is 13.8 Å². The van der Waals surface area contributed by atoms with Gasteiger partial charge in [-0.15, -0.1) is 12.4 Å². The van der Waals surface area contributed by atoms with Crippen LogP contribution in [0.5, 0.6) is 0 Å². The molecule has 1 unspecified atom stereocenters. The van der Waals surface area contributed by atoms with Gasteiger partial charge >= 0.3 is 5.97 Å². The number of ether oxygens (including phenoxy) is 1. The number of amides is 1. The molecule has 0 aromatic heterocycles. The van der Waals surface area contributed by atoms with E-state index in [0.29, 0.717) is 6.54 Å². The fourth-order valence-electron chi connectivity index (χ4n) is 1.30. The first-order valence-electron chi connectivity index (χ1n) is 5.69. The van der Waals surface area contributed by atoms with Crippen molar-refractivity contribution >= 4 is 24.3 Å². The Labute approximate surface area is 108 Å². The molecule has 0 radical (unpaired) electrons. The lowest BCUT2D eigenvalue weighted by atomic mass is 10.0. The second-order valence-corrected chi connectivity index (χ2v) is 4.49. The van der Waals surface area contributed by atoms with Crippen molar-refractivity contribution in [2.45, 2.75) is 26.9 Å². The van der Waals surface area contributed by atoms with Gasteiger partial charge < -0.3 is 15.4 Å². The number of esters is 1. The average Bonchev–Trinajstić information content (AvgIpc) is 2.10. The smallest absolute Gasteiger partial charge is 0.310 e. The van der Waals surface area contributed by atoms with Gasteiger partial charge in [0.2, 0.25) is 5.91 Å². The van der Waals surface area contributed by atoms with Crippen LogP contribution in [0, 0.1) is 11.8 Å². The Morgan fingerprint density at radius 1 is 1.35 bits per heavy atom. The summed E-state index contributed by atoms with van der Waals surface area (Å²) >= 11 is 0. The van der Waals surface area contributed by atoms with Crippen LogP contribution in [0.2, 0.25) is 0 Å². The average molecular weight is 265 g/mol. The standard InChI is InChI=1S/C11H20N2O3.ClH/c1-7(2)16-11(15)8(3)4-13-10(14)9-5-12-6-9;/h7-9,12H,4-6H2,1-3H3,(H,13,14);1H. The molecule has 1 aliphatic rings. The largest absolute Gasteiger partial charge is 0.463 e. The van der Waals surface area contributed by atoms with Crippen LogP contribution in [-0.4, -0.2) is 37.6 Å². The van der Waals surface area contributed by atoms with Crippen LogP contribution >= 0.6 is 12.4 Å². The zero-order valence-electron chi connectivity index (χ0n) is 10.5. The van der Waals surface area contributed by atoms with Gasteiger partial charge in [0.1, 0.15) is 0 Å². The lowest BCUT2D eigenvalue weighted by Crippen LogP contribution is -2.51. The van der Waals surface area contributed by atoms with E-state index in [1.54, 1.807) is 6.92 Å². The Morgan fingerprint density at radius 2 is 1.94 bits per heavy atom. The Bertz CT molecular complexity index is 267. The Balaban J connectivity index is 0.00000256. The van der Waals surface area contributed by atoms with Crippen LogP contribution in [0.25, 0.3) is 0 Å². The van der Waals surface area contributed by atoms with E-state index in [-0.39, 0.29) is 42.2 Å². The van der Waals surface area contributed by atoms with Crippen LogP contribution < -0.4 is 10.6 Å². The number of carbonyl (C=O) groups excluding carboxylic acids is 2. The Kier molecular flexibility index (Phi) is 7.15. The third kappa shape index (κ3) is 5.37. The number of carbonyl (C=O) groups is 2. The molecular formula is C11H21ClN2O3. The second kappa shape index (κ2) is 7.50. The van der Waals surface area contributed by atoms with E-state index in [9.17, 15) is 9.59 Å². The topological polar surface area (TPSA) is 67.4 Å². The molecular weight excluding hydrogens is 244 g/mol. The van der Waals surface area contributed by atoms with Gasteiger partial charge in [-0.2, -0.15) is 0 Å². The zero-order valence-corrected chi connectivity index (χ0v) is 11.3. The Hall–Kier alpha value is -0.810. The molecule has 1 amide bonds. The molecule has 0 aromatic rings. The van der Waals surface area contributed by atoms with Crippen LogP contribution in [0.4, 0.5) is 0 Å². The van der Waals surface area contributed by atoms with Gasteiger partial charge in [-0.25, -0.2) is 0 Å². The first kappa shape index (κ1) is 16.2. The lowest BCUT2D eigenvalue weighted by molar-refractivity contribution is -0.151. The monoisotopic (exact) mass is 264 g/mol. The maximum absolute atomic E-state index is 11.5. The summed E-state index contributed by atoms with van der Waals surface area (Å²) in [6, 6.07) is 0. The van der Waals surface area contributed by atoms with Crippen LogP contribution in [0.15, 0.2) is 0 Å². The van der Waals surface area contributed by atoms with E-state index >= 15 is 0 Å². The molecule has 2 N–H and O–H groups in total. The summed E-state index contributed by atoms with van der Waals surface area (Å²) in [6.45, 7) is 7.19. The highest BCUT2D eigenvalue weighted by atomic mass is 35.5. The van der Waals surface area contributed by atoms with E-state index in [2.05, 4.69) is 10.6 Å². The summed E-state index contributed by atoms with van der Waals surface area (Å²) in [5.41, 5.74) is 0. The molecule has 1 heterocycles. The molecule has 0 spiro atoms. The van der Waals surface area contributed by atoms with Gasteiger partial charge in [0.05, 0.1) is 17.9 Å². The molecule has 17 heavy (non-hydrogen) atoms. The van der Waals surface area contributed by atoms with Gasteiger partial charge in [0, 0.05) is 19.6 Å². The van der Waals surface area contributed by atoms with Crippen molar-refractivity contribution in [2.75, 3.05) is 19.6 Å². The highest BCUT2D eigenvalue weighted by Gasteiger charge is 2.25. The van der Waals surface area contributed by atoms with E-state index < -0.39 is 0 Å². The van der Waals surface area contributed by atoms with E-state index in [1.165, 1.54) is 0 Å². The maximum atomic E-state index is 11.5. The molecule has 0 saturated carbocycles. The van der Waals surface area contributed by atoms with Crippen LogP contribution in [0.1, 0.15) is 20.8 Å². The predicted octanol–water partition coefficient (Wildman–Crippen LogP) is 0.331. The number of hydrogen-bond donors (Lipinski definition) is 2. The number of halogens is 1. The van der Waals surface area contributed by atoms with E-state index in [1.807, 2.05) is 13.8 Å². The van der Waals surface area contributed by atoms with Crippen molar-refractivity contribution in [1.29, 1.82) is 0 Å². The lowest BCUT2D eigenvalue weighted by Gasteiger charge is -2.26. The van der Waals surface area contributed by atoms with Crippen LogP contribution in [-0.2, 0) is 14.3 Å². The molecule has 0 aliphatic carbocycles. The van der Waals surface area contributed by atoms with Gasteiger partial charge in [-0.1, -0.05) is 6.92 Å². The summed E-state index contributed by atoms with van der Waals surface area (Å²) in [5, 5.41) is 5.78. The molecule has 100 valence electrons. The second-order valence-electron chi connectivity index (χ2n) is 4.49. The van der Waals surface area contributed by atoms with Crippen molar-refractivity contribution in [3.8, 4) is 0 Å². The summed E-state index contributed by atoms with van der Waals surface area (Å²) < 4.78 is 5.04. The summed E-state index contributed by atoms with van der Waals surface area (Å²) in [4.78, 5) is 22.9. The summed E-state index contributed by atoms with van der Waals surface area (Å²) in [5.74, 6) is -0.474. The van der Waals surface area contributed by atoms with Gasteiger partial charge in [0.25, 0.3) is 0 Å². The minimum absolute atomic E-state index is 0. The zero-order chi connectivity index (χ0) is 12.1. The van der Waals surface area contributed by atoms with Crippen LogP contribution in [0.3, 0.4) is 0 Å². The summed E-state index contributed by atoms with van der Waals surface area (Å²) in [7, 11) is 0. The van der Waals surface area contributed by atoms with Crippen molar-refractivity contribution in [3.05, 3.63) is 0 Å². The number of hydrogen-bond acceptors (Lipinski definition) is 4. The first-order chi connectivity index (χ1) is 7.50. The molecule has 1 atom stereocenters. The maximum Gasteiger partial charge on any atom is 0.310 e. The number of nitrogens with one attached hydrogen (secondary N) is 2. The van der Waals surface area contributed by atoms with Gasteiger partial charge in [-0.3, -0.25) is 9.59 Å². The molecule has 1 saturated heterocycles. The van der Waals surface area contributed by atoms with Gasteiger partial charge in [0.15, 0.2) is 0 Å². The minimum atomic E-state index is -0.292. The third-order valence-electron chi connectivity index (χ3n) is 2.49. The molecule has 5 nitrogen and oxygen atoms in total. The van der Waals surface area contributed by atoms with Crippen molar-refractivity contribution in [1.82, 2.24) is 10.6 Å². The third-order valence-corrected chi connectivity index (χ3v) is 2.49. The molecule has 1 fully saturated rings. The molecule has 0 aromatic carbocycles. The minimum Gasteiger partial charge on any atom is -0.463 e. The van der Waals surface area contributed by atoms with Crippen molar-refractivity contribution in [2.24, 2.45) is 11.8 Å². The normalized spacial score (nSPS) is 16.7. The molecule has 1 aliphatic heterocycles. The quantitative estimate of drug-likeness (QED) is 0.703. The van der Waals surface area contributed by atoms with Crippen molar-refractivity contribution < 1.29 is 14.3 Å². The highest BCUT2D eigenvalue weighted by Crippen LogP contribution is 2.04. The van der Waals surface area contributed by atoms with E-state index in [4.69, 9.17) is 4.74 Å². The molecule has 1 rings (SSSR count).